The normalized spacial score (nSPS) is 22.1. The molecule has 0 saturated heterocycles. The monoisotopic (exact) mass is 213 g/mol. The number of aliphatic imine (C=N–C) groups is 1. The lowest BCUT2D eigenvalue weighted by Gasteiger charge is -2.37. The third kappa shape index (κ3) is 1.33. The van der Waals surface area contributed by atoms with E-state index in [4.69, 9.17) is 0 Å². The topological polar surface area (TPSA) is 29.4 Å². The second-order valence-electron chi connectivity index (χ2n) is 4.83. The molecule has 0 atom stereocenters. The quantitative estimate of drug-likeness (QED) is 0.651. The summed E-state index contributed by atoms with van der Waals surface area (Å²) in [4.78, 5) is 15.8. The highest BCUT2D eigenvalue weighted by Crippen LogP contribution is 2.41. The molecule has 1 aliphatic carbocycles. The van der Waals surface area contributed by atoms with E-state index in [-0.39, 0.29) is 11.3 Å². The van der Waals surface area contributed by atoms with Crippen LogP contribution in [0.15, 0.2) is 29.3 Å². The highest BCUT2D eigenvalue weighted by molar-refractivity contribution is 6.05. The summed E-state index contributed by atoms with van der Waals surface area (Å²) >= 11 is 0. The summed E-state index contributed by atoms with van der Waals surface area (Å²) in [6.45, 7) is 0. The van der Waals surface area contributed by atoms with Crippen molar-refractivity contribution in [1.82, 2.24) is 0 Å². The van der Waals surface area contributed by atoms with E-state index in [0.717, 1.165) is 18.4 Å². The van der Waals surface area contributed by atoms with Gasteiger partial charge >= 0.3 is 0 Å². The van der Waals surface area contributed by atoms with Gasteiger partial charge in [-0.15, -0.1) is 0 Å². The van der Waals surface area contributed by atoms with Crippen LogP contribution in [0.4, 0.5) is 0 Å². The zero-order valence-electron chi connectivity index (χ0n) is 9.28. The van der Waals surface area contributed by atoms with Gasteiger partial charge in [0, 0.05) is 17.2 Å². The van der Waals surface area contributed by atoms with Gasteiger partial charge in [-0.25, -0.2) is 4.99 Å². The molecule has 2 heteroatoms. The maximum atomic E-state index is 11.7. The number of hydrogen-bond acceptors (Lipinski definition) is 1. The largest absolute Gasteiger partial charge is 0.276 e. The molecule has 1 aromatic rings. The molecule has 0 N–H and O–H groups in total. The Hall–Kier alpha value is -1.44. The first-order chi connectivity index (χ1) is 7.82. The van der Waals surface area contributed by atoms with E-state index in [1.165, 1.54) is 24.8 Å². The summed E-state index contributed by atoms with van der Waals surface area (Å²) in [7, 11) is 0. The standard InChI is InChI=1S/C14H15NO/c16-13-11-6-2-3-7-12(11)14(10-15-13)8-4-1-5-9-14/h2-3,6-7,10H,1,4-5,8-9H2. The van der Waals surface area contributed by atoms with Crippen LogP contribution >= 0.6 is 0 Å². The molecule has 3 rings (SSSR count). The molecule has 0 radical (unpaired) electrons. The van der Waals surface area contributed by atoms with Crippen LogP contribution in [-0.4, -0.2) is 12.1 Å². The van der Waals surface area contributed by atoms with Crippen LogP contribution in [0.3, 0.4) is 0 Å². The van der Waals surface area contributed by atoms with Crippen molar-refractivity contribution < 1.29 is 4.79 Å². The number of fused-ring (bicyclic) bond motifs is 2. The first-order valence-electron chi connectivity index (χ1n) is 6.01. The van der Waals surface area contributed by atoms with Crippen molar-refractivity contribution in [1.29, 1.82) is 0 Å². The van der Waals surface area contributed by atoms with Crippen LogP contribution in [0.5, 0.6) is 0 Å². The predicted octanol–water partition coefficient (Wildman–Crippen LogP) is 3.11. The van der Waals surface area contributed by atoms with Crippen molar-refractivity contribution in [3.63, 3.8) is 0 Å². The fraction of sp³-hybridized carbons (Fsp3) is 0.429. The molecule has 1 fully saturated rings. The average molecular weight is 213 g/mol. The van der Waals surface area contributed by atoms with Gasteiger partial charge in [0.2, 0.25) is 0 Å². The third-order valence-electron chi connectivity index (χ3n) is 3.87. The minimum absolute atomic E-state index is 0.0583. The number of hydrogen-bond donors (Lipinski definition) is 0. The van der Waals surface area contributed by atoms with E-state index in [1.54, 1.807) is 0 Å². The van der Waals surface area contributed by atoms with Crippen molar-refractivity contribution in [2.45, 2.75) is 37.5 Å². The Balaban J connectivity index is 2.14. The molecular formula is C14H15NO. The lowest BCUT2D eigenvalue weighted by Crippen LogP contribution is -2.35. The second-order valence-corrected chi connectivity index (χ2v) is 4.83. The van der Waals surface area contributed by atoms with E-state index in [9.17, 15) is 4.79 Å². The maximum absolute atomic E-state index is 11.7. The van der Waals surface area contributed by atoms with E-state index >= 15 is 0 Å². The SMILES string of the molecule is O=C1N=CC2(CCCCC2)c2ccccc21. The zero-order chi connectivity index (χ0) is 11.0. The summed E-state index contributed by atoms with van der Waals surface area (Å²) in [5.74, 6) is -0.0770. The highest BCUT2D eigenvalue weighted by Gasteiger charge is 2.37. The summed E-state index contributed by atoms with van der Waals surface area (Å²) in [6, 6.07) is 7.96. The molecule has 1 amide bonds. The number of amides is 1. The lowest BCUT2D eigenvalue weighted by molar-refractivity contribution is 0.0996. The molecule has 0 bridgehead atoms. The molecule has 0 aromatic heterocycles. The molecule has 1 saturated carbocycles. The van der Waals surface area contributed by atoms with Gasteiger partial charge in [-0.2, -0.15) is 0 Å². The van der Waals surface area contributed by atoms with Crippen LogP contribution < -0.4 is 0 Å². The van der Waals surface area contributed by atoms with Gasteiger partial charge in [-0.05, 0) is 24.5 Å². The molecule has 1 spiro atoms. The van der Waals surface area contributed by atoms with Gasteiger partial charge in [0.05, 0.1) is 0 Å². The zero-order valence-corrected chi connectivity index (χ0v) is 9.28. The molecule has 82 valence electrons. The van der Waals surface area contributed by atoms with Crippen LogP contribution in [0.25, 0.3) is 0 Å². The van der Waals surface area contributed by atoms with Crippen LogP contribution in [-0.2, 0) is 5.41 Å². The number of benzene rings is 1. The summed E-state index contributed by atoms with van der Waals surface area (Å²) < 4.78 is 0. The minimum Gasteiger partial charge on any atom is -0.267 e. The molecule has 1 heterocycles. The number of carbonyl (C=O) groups is 1. The Morgan fingerprint density at radius 2 is 1.81 bits per heavy atom. The lowest BCUT2D eigenvalue weighted by atomic mass is 9.68. The first kappa shape index (κ1) is 9.76. The molecule has 1 aromatic carbocycles. The van der Waals surface area contributed by atoms with Crippen molar-refractivity contribution in [2.75, 3.05) is 0 Å². The maximum Gasteiger partial charge on any atom is 0.276 e. The smallest absolute Gasteiger partial charge is 0.267 e. The third-order valence-corrected chi connectivity index (χ3v) is 3.87. The van der Waals surface area contributed by atoms with Gasteiger partial charge < -0.3 is 0 Å². The Bertz CT molecular complexity index is 456. The summed E-state index contributed by atoms with van der Waals surface area (Å²) in [5.41, 5.74) is 2.07. The Kier molecular flexibility index (Phi) is 2.16. The van der Waals surface area contributed by atoms with E-state index in [1.807, 2.05) is 24.4 Å². The molecule has 2 aliphatic rings. The number of rotatable bonds is 0. The first-order valence-corrected chi connectivity index (χ1v) is 6.01. The van der Waals surface area contributed by atoms with Gasteiger partial charge in [-0.3, -0.25) is 4.79 Å². The van der Waals surface area contributed by atoms with E-state index < -0.39 is 0 Å². The molecule has 0 unspecified atom stereocenters. The molecule has 2 nitrogen and oxygen atoms in total. The Labute approximate surface area is 95.4 Å². The van der Waals surface area contributed by atoms with Gasteiger partial charge in [0.1, 0.15) is 0 Å². The second kappa shape index (κ2) is 3.55. The molecular weight excluding hydrogens is 198 g/mol. The van der Waals surface area contributed by atoms with Gasteiger partial charge in [0.15, 0.2) is 0 Å². The fourth-order valence-electron chi connectivity index (χ4n) is 3.01. The highest BCUT2D eigenvalue weighted by atomic mass is 16.1. The van der Waals surface area contributed by atoms with E-state index in [2.05, 4.69) is 11.1 Å². The molecule has 1 aliphatic heterocycles. The fourth-order valence-corrected chi connectivity index (χ4v) is 3.01. The van der Waals surface area contributed by atoms with Crippen LogP contribution in [0.1, 0.15) is 48.0 Å². The summed E-state index contributed by atoms with van der Waals surface area (Å²) in [6.07, 6.45) is 7.99. The Morgan fingerprint density at radius 1 is 1.06 bits per heavy atom. The van der Waals surface area contributed by atoms with Gasteiger partial charge in [0.25, 0.3) is 5.91 Å². The predicted molar refractivity (Wildman–Crippen MR) is 64.0 cm³/mol. The number of nitrogens with zero attached hydrogens (tertiary/aromatic N) is 1. The van der Waals surface area contributed by atoms with Crippen molar-refractivity contribution in [2.24, 2.45) is 4.99 Å². The minimum atomic E-state index is -0.0770. The van der Waals surface area contributed by atoms with Crippen LogP contribution in [0.2, 0.25) is 0 Å². The average Bonchev–Trinajstić information content (AvgIpc) is 2.36. The summed E-state index contributed by atoms with van der Waals surface area (Å²) in [5, 5.41) is 0. The van der Waals surface area contributed by atoms with Crippen molar-refractivity contribution >= 4 is 12.1 Å². The van der Waals surface area contributed by atoms with Gasteiger partial charge in [-0.1, -0.05) is 37.5 Å². The van der Waals surface area contributed by atoms with Crippen molar-refractivity contribution in [3.05, 3.63) is 35.4 Å². The van der Waals surface area contributed by atoms with Crippen molar-refractivity contribution in [3.8, 4) is 0 Å². The van der Waals surface area contributed by atoms with Crippen LogP contribution in [0, 0.1) is 0 Å². The Morgan fingerprint density at radius 3 is 2.62 bits per heavy atom. The number of carbonyl (C=O) groups excluding carboxylic acids is 1. The van der Waals surface area contributed by atoms with E-state index in [0.29, 0.717) is 0 Å². The molecule has 16 heavy (non-hydrogen) atoms.